The highest BCUT2D eigenvalue weighted by Crippen LogP contribution is 2.27. The molecule has 0 saturated heterocycles. The van der Waals surface area contributed by atoms with E-state index in [1.54, 1.807) is 0 Å². The van der Waals surface area contributed by atoms with Crippen molar-refractivity contribution >= 4 is 5.97 Å². The third-order valence-corrected chi connectivity index (χ3v) is 2.14. The highest BCUT2D eigenvalue weighted by atomic mass is 16.6. The van der Waals surface area contributed by atoms with Crippen LogP contribution in [-0.2, 0) is 4.79 Å². The first kappa shape index (κ1) is 9.44. The minimum atomic E-state index is -1.53. The second-order valence-corrected chi connectivity index (χ2v) is 3.04. The van der Waals surface area contributed by atoms with Crippen LogP contribution in [0.15, 0.2) is 24.3 Å². The van der Waals surface area contributed by atoms with Crippen molar-refractivity contribution in [1.29, 1.82) is 0 Å². The summed E-state index contributed by atoms with van der Waals surface area (Å²) >= 11 is 0. The summed E-state index contributed by atoms with van der Waals surface area (Å²) in [6, 6.07) is 0. The fourth-order valence-electron chi connectivity index (χ4n) is 1.23. The van der Waals surface area contributed by atoms with Gasteiger partial charge in [-0.05, 0) is 6.08 Å². The number of rotatable bonds is 2. The monoisotopic (exact) mass is 183 g/mol. The zero-order valence-electron chi connectivity index (χ0n) is 7.01. The first-order valence-electron chi connectivity index (χ1n) is 3.72. The van der Waals surface area contributed by atoms with Gasteiger partial charge in [-0.25, -0.2) is 0 Å². The van der Waals surface area contributed by atoms with Crippen molar-refractivity contribution in [2.45, 2.75) is 12.5 Å². The molecule has 0 amide bonds. The molecule has 2 unspecified atom stereocenters. The minimum absolute atomic E-state index is 0.578. The minimum Gasteiger partial charge on any atom is -0.481 e. The average Bonchev–Trinajstić information content (AvgIpc) is 2.04. The van der Waals surface area contributed by atoms with E-state index >= 15 is 0 Å². The molecule has 0 bridgehead atoms. The summed E-state index contributed by atoms with van der Waals surface area (Å²) in [6.07, 6.45) is 5.61. The Kier molecular flexibility index (Phi) is 2.18. The van der Waals surface area contributed by atoms with Gasteiger partial charge in [0, 0.05) is 11.8 Å². The van der Waals surface area contributed by atoms with Crippen molar-refractivity contribution < 1.29 is 14.8 Å². The van der Waals surface area contributed by atoms with Gasteiger partial charge >= 0.3 is 5.97 Å². The summed E-state index contributed by atoms with van der Waals surface area (Å²) in [5, 5.41) is 19.4. The van der Waals surface area contributed by atoms with Gasteiger partial charge < -0.3 is 5.11 Å². The molecule has 5 nitrogen and oxygen atoms in total. The molecule has 2 atom stereocenters. The van der Waals surface area contributed by atoms with Crippen LogP contribution in [0.25, 0.3) is 0 Å². The largest absolute Gasteiger partial charge is 0.481 e. The van der Waals surface area contributed by atoms with Gasteiger partial charge in [-0.1, -0.05) is 18.2 Å². The Morgan fingerprint density at radius 3 is 2.62 bits per heavy atom. The van der Waals surface area contributed by atoms with Crippen LogP contribution in [0.2, 0.25) is 0 Å². The van der Waals surface area contributed by atoms with Gasteiger partial charge in [0.2, 0.25) is 0 Å². The predicted molar refractivity (Wildman–Crippen MR) is 44.8 cm³/mol. The van der Waals surface area contributed by atoms with E-state index in [0.717, 1.165) is 0 Å². The average molecular weight is 183 g/mol. The molecule has 1 aliphatic rings. The van der Waals surface area contributed by atoms with Crippen molar-refractivity contribution in [3.8, 4) is 0 Å². The van der Waals surface area contributed by atoms with E-state index in [4.69, 9.17) is 5.11 Å². The molecule has 0 spiro atoms. The highest BCUT2D eigenvalue weighted by Gasteiger charge is 2.47. The van der Waals surface area contributed by atoms with Gasteiger partial charge in [0.05, 0.1) is 0 Å². The van der Waals surface area contributed by atoms with Crippen LogP contribution in [0.4, 0.5) is 0 Å². The Labute approximate surface area is 74.5 Å². The van der Waals surface area contributed by atoms with Crippen molar-refractivity contribution in [1.82, 2.24) is 0 Å². The lowest BCUT2D eigenvalue weighted by atomic mass is 9.83. The van der Waals surface area contributed by atoms with Crippen molar-refractivity contribution in [3.63, 3.8) is 0 Å². The van der Waals surface area contributed by atoms with Crippen LogP contribution in [-0.4, -0.2) is 21.5 Å². The predicted octanol–water partition coefficient (Wildman–Crippen LogP) is 0.849. The third kappa shape index (κ3) is 1.44. The first-order chi connectivity index (χ1) is 5.98. The Balaban J connectivity index is 3.07. The number of nitrogens with zero attached hydrogens (tertiary/aromatic N) is 1. The summed E-state index contributed by atoms with van der Waals surface area (Å²) in [6.45, 7) is 1.30. The molecular formula is C8H9NO4. The number of carboxylic acid groups (broad SMARTS) is 1. The van der Waals surface area contributed by atoms with Crippen molar-refractivity contribution in [3.05, 3.63) is 34.4 Å². The second-order valence-electron chi connectivity index (χ2n) is 3.04. The summed E-state index contributed by atoms with van der Waals surface area (Å²) in [7, 11) is 0. The van der Waals surface area contributed by atoms with E-state index in [1.807, 2.05) is 0 Å². The van der Waals surface area contributed by atoms with Gasteiger partial charge in [0.25, 0.3) is 5.54 Å². The topological polar surface area (TPSA) is 80.4 Å². The first-order valence-corrected chi connectivity index (χ1v) is 3.72. The van der Waals surface area contributed by atoms with Crippen LogP contribution in [0.5, 0.6) is 0 Å². The number of aliphatic carboxylic acids is 1. The molecule has 1 N–H and O–H groups in total. The number of carbonyl (C=O) groups is 1. The Morgan fingerprint density at radius 2 is 2.23 bits per heavy atom. The molecule has 0 aromatic rings. The standard InChI is InChI=1S/C8H9NO4/c1-8(9(12)13)5-3-2-4-6(8)7(10)11/h2-6H,1H3,(H,10,11). The van der Waals surface area contributed by atoms with E-state index in [-0.39, 0.29) is 0 Å². The molecule has 0 aromatic carbocycles. The van der Waals surface area contributed by atoms with Gasteiger partial charge in [-0.3, -0.25) is 14.9 Å². The maximum atomic E-state index is 10.7. The Morgan fingerprint density at radius 1 is 1.62 bits per heavy atom. The smallest absolute Gasteiger partial charge is 0.318 e. The molecule has 0 radical (unpaired) electrons. The maximum Gasteiger partial charge on any atom is 0.318 e. The summed E-state index contributed by atoms with van der Waals surface area (Å²) in [5.74, 6) is -2.27. The molecule has 0 saturated carbocycles. The van der Waals surface area contributed by atoms with Gasteiger partial charge in [0.1, 0.15) is 5.92 Å². The fourth-order valence-corrected chi connectivity index (χ4v) is 1.23. The van der Waals surface area contributed by atoms with Gasteiger partial charge in [-0.15, -0.1) is 0 Å². The van der Waals surface area contributed by atoms with E-state index in [2.05, 4.69) is 0 Å². The van der Waals surface area contributed by atoms with Crippen LogP contribution >= 0.6 is 0 Å². The Hall–Kier alpha value is -1.65. The molecule has 70 valence electrons. The van der Waals surface area contributed by atoms with Crippen LogP contribution in [0.1, 0.15) is 6.92 Å². The van der Waals surface area contributed by atoms with E-state index in [1.165, 1.54) is 31.2 Å². The highest BCUT2D eigenvalue weighted by molar-refractivity contribution is 5.74. The molecule has 0 fully saturated rings. The summed E-state index contributed by atoms with van der Waals surface area (Å²) in [5.41, 5.74) is -1.53. The lowest BCUT2D eigenvalue weighted by Crippen LogP contribution is -2.44. The quantitative estimate of drug-likeness (QED) is 0.508. The van der Waals surface area contributed by atoms with Gasteiger partial charge in [0.15, 0.2) is 0 Å². The number of hydrogen-bond acceptors (Lipinski definition) is 3. The van der Waals surface area contributed by atoms with E-state index in [0.29, 0.717) is 0 Å². The molecular weight excluding hydrogens is 174 g/mol. The third-order valence-electron chi connectivity index (χ3n) is 2.14. The fraction of sp³-hybridized carbons (Fsp3) is 0.375. The molecule has 0 heterocycles. The molecule has 0 aromatic heterocycles. The Bertz CT molecular complexity index is 307. The molecule has 13 heavy (non-hydrogen) atoms. The normalized spacial score (nSPS) is 31.6. The zero-order chi connectivity index (χ0) is 10.1. The summed E-state index contributed by atoms with van der Waals surface area (Å²) < 4.78 is 0. The van der Waals surface area contributed by atoms with Crippen LogP contribution < -0.4 is 0 Å². The van der Waals surface area contributed by atoms with Crippen molar-refractivity contribution in [2.24, 2.45) is 5.92 Å². The van der Waals surface area contributed by atoms with Crippen LogP contribution in [0, 0.1) is 16.0 Å². The lowest BCUT2D eigenvalue weighted by Gasteiger charge is -2.23. The SMILES string of the molecule is CC1([N+](=O)[O-])C=CC=CC1C(=O)O. The van der Waals surface area contributed by atoms with E-state index in [9.17, 15) is 14.9 Å². The number of hydrogen-bond donors (Lipinski definition) is 1. The molecule has 0 aliphatic heterocycles. The maximum absolute atomic E-state index is 10.7. The molecule has 1 aliphatic carbocycles. The second kappa shape index (κ2) is 3.01. The summed E-state index contributed by atoms with van der Waals surface area (Å²) in [4.78, 5) is 20.8. The molecule has 1 rings (SSSR count). The zero-order valence-corrected chi connectivity index (χ0v) is 7.01. The number of carboxylic acids is 1. The van der Waals surface area contributed by atoms with Crippen LogP contribution in [0.3, 0.4) is 0 Å². The van der Waals surface area contributed by atoms with Crippen molar-refractivity contribution in [2.75, 3.05) is 0 Å². The lowest BCUT2D eigenvalue weighted by molar-refractivity contribution is -0.556. The number of nitro groups is 1. The number of allylic oxidation sites excluding steroid dienone is 2. The molecule has 5 heteroatoms. The van der Waals surface area contributed by atoms with Gasteiger partial charge in [-0.2, -0.15) is 0 Å². The van der Waals surface area contributed by atoms with E-state index < -0.39 is 22.3 Å².